The maximum absolute atomic E-state index is 5.63. The minimum atomic E-state index is -0.258. The third kappa shape index (κ3) is 2.82. The Morgan fingerprint density at radius 1 is 1.29 bits per heavy atom. The van der Waals surface area contributed by atoms with E-state index in [1.807, 2.05) is 20.0 Å². The van der Waals surface area contributed by atoms with Gasteiger partial charge in [0.2, 0.25) is 0 Å². The van der Waals surface area contributed by atoms with Gasteiger partial charge in [-0.3, -0.25) is 0 Å². The summed E-state index contributed by atoms with van der Waals surface area (Å²) in [5.74, 6) is 2.86. The molecule has 0 radical (unpaired) electrons. The predicted octanol–water partition coefficient (Wildman–Crippen LogP) is 3.91. The second-order valence-corrected chi connectivity index (χ2v) is 5.37. The maximum Gasteiger partial charge on any atom is 0.0346 e. The molecule has 0 aromatic heterocycles. The highest BCUT2D eigenvalue weighted by molar-refractivity contribution is 5.45. The standard InChI is InChI=1S/C16H25N/c1-10-14(13(4)17-9)12(3)16(7,8)15(5,6)11-2/h2,10,17H,1,3H2,4-9H3/b14-13-. The van der Waals surface area contributed by atoms with Crippen LogP contribution >= 0.6 is 0 Å². The lowest BCUT2D eigenvalue weighted by Gasteiger charge is -2.40. The SMILES string of the molecule is C#CC(C)(C)C(C)(C)C(=C)/C(C=C)=C(/C)NC. The van der Waals surface area contributed by atoms with Gasteiger partial charge in [0.1, 0.15) is 0 Å². The van der Waals surface area contributed by atoms with Crippen LogP contribution in [0, 0.1) is 23.2 Å². The largest absolute Gasteiger partial charge is 0.391 e. The van der Waals surface area contributed by atoms with Crippen LogP contribution in [0.4, 0.5) is 0 Å². The van der Waals surface area contributed by atoms with Crippen LogP contribution in [-0.4, -0.2) is 7.05 Å². The summed E-state index contributed by atoms with van der Waals surface area (Å²) in [7, 11) is 1.89. The summed E-state index contributed by atoms with van der Waals surface area (Å²) in [5.41, 5.74) is 2.67. The highest BCUT2D eigenvalue weighted by atomic mass is 14.8. The second kappa shape index (κ2) is 5.27. The summed E-state index contributed by atoms with van der Waals surface area (Å²) in [6.07, 6.45) is 7.47. The number of terminal acetylenes is 1. The zero-order valence-corrected chi connectivity index (χ0v) is 12.1. The van der Waals surface area contributed by atoms with E-state index in [1.165, 1.54) is 0 Å². The Hall–Kier alpha value is -1.42. The summed E-state index contributed by atoms with van der Waals surface area (Å²) >= 11 is 0. The molecule has 0 saturated carbocycles. The zero-order valence-electron chi connectivity index (χ0n) is 12.1. The molecule has 0 aliphatic carbocycles. The summed E-state index contributed by atoms with van der Waals surface area (Å²) in [5, 5.41) is 3.13. The van der Waals surface area contributed by atoms with Crippen molar-refractivity contribution in [2.45, 2.75) is 34.6 Å². The first-order valence-electron chi connectivity index (χ1n) is 5.84. The van der Waals surface area contributed by atoms with Crippen molar-refractivity contribution in [3.63, 3.8) is 0 Å². The van der Waals surface area contributed by atoms with Crippen molar-refractivity contribution >= 4 is 0 Å². The van der Waals surface area contributed by atoms with E-state index in [2.05, 4.69) is 52.1 Å². The Labute approximate surface area is 107 Å². The van der Waals surface area contributed by atoms with Gasteiger partial charge in [0.25, 0.3) is 0 Å². The summed E-state index contributed by atoms with van der Waals surface area (Å²) in [6, 6.07) is 0. The predicted molar refractivity (Wildman–Crippen MR) is 77.5 cm³/mol. The Morgan fingerprint density at radius 2 is 1.76 bits per heavy atom. The molecule has 0 aliphatic heterocycles. The van der Waals surface area contributed by atoms with E-state index in [0.29, 0.717) is 0 Å². The first-order chi connectivity index (χ1) is 7.65. The second-order valence-electron chi connectivity index (χ2n) is 5.37. The molecule has 0 rings (SSSR count). The average molecular weight is 231 g/mol. The Balaban J connectivity index is 5.62. The van der Waals surface area contributed by atoms with Gasteiger partial charge in [-0.25, -0.2) is 0 Å². The minimum Gasteiger partial charge on any atom is -0.391 e. The van der Waals surface area contributed by atoms with Gasteiger partial charge in [-0.15, -0.1) is 6.42 Å². The third-order valence-electron chi connectivity index (χ3n) is 3.99. The van der Waals surface area contributed by atoms with Gasteiger partial charge in [0, 0.05) is 23.6 Å². The third-order valence-corrected chi connectivity index (χ3v) is 3.99. The lowest BCUT2D eigenvalue weighted by Crippen LogP contribution is -2.33. The number of rotatable bonds is 5. The molecule has 0 unspecified atom stereocenters. The van der Waals surface area contributed by atoms with E-state index in [1.54, 1.807) is 0 Å². The van der Waals surface area contributed by atoms with Crippen molar-refractivity contribution in [1.82, 2.24) is 5.32 Å². The quantitative estimate of drug-likeness (QED) is 0.559. The van der Waals surface area contributed by atoms with E-state index in [9.17, 15) is 0 Å². The van der Waals surface area contributed by atoms with Crippen LogP contribution in [0.15, 0.2) is 36.1 Å². The van der Waals surface area contributed by atoms with Gasteiger partial charge in [0.05, 0.1) is 0 Å². The lowest BCUT2D eigenvalue weighted by molar-refractivity contribution is 0.232. The molecule has 0 bridgehead atoms. The molecular formula is C16H25N. The van der Waals surface area contributed by atoms with E-state index in [4.69, 9.17) is 6.42 Å². The minimum absolute atomic E-state index is 0.191. The smallest absolute Gasteiger partial charge is 0.0346 e. The average Bonchev–Trinajstić information content (AvgIpc) is 2.28. The van der Waals surface area contributed by atoms with Crippen LogP contribution in [-0.2, 0) is 0 Å². The molecule has 1 heteroatoms. The van der Waals surface area contributed by atoms with Crippen molar-refractivity contribution in [1.29, 1.82) is 0 Å². The first-order valence-corrected chi connectivity index (χ1v) is 5.84. The topological polar surface area (TPSA) is 12.0 Å². The van der Waals surface area contributed by atoms with Crippen molar-refractivity contribution in [3.8, 4) is 12.3 Å². The highest BCUT2D eigenvalue weighted by Gasteiger charge is 2.38. The summed E-state index contributed by atoms with van der Waals surface area (Å²) in [4.78, 5) is 0. The molecule has 0 fully saturated rings. The molecule has 0 amide bonds. The zero-order chi connectivity index (χ0) is 13.9. The maximum atomic E-state index is 5.63. The Bertz CT molecular complexity index is 386. The van der Waals surface area contributed by atoms with Crippen LogP contribution in [0.2, 0.25) is 0 Å². The molecule has 1 nitrogen and oxygen atoms in total. The van der Waals surface area contributed by atoms with Gasteiger partial charge < -0.3 is 5.32 Å². The van der Waals surface area contributed by atoms with Gasteiger partial charge in [-0.1, -0.05) is 39.0 Å². The van der Waals surface area contributed by atoms with Crippen LogP contribution in [0.5, 0.6) is 0 Å². The molecule has 1 N–H and O–H groups in total. The molecule has 0 aromatic carbocycles. The molecule has 94 valence electrons. The monoisotopic (exact) mass is 231 g/mol. The van der Waals surface area contributed by atoms with Crippen molar-refractivity contribution in [2.75, 3.05) is 7.05 Å². The molecule has 0 aromatic rings. The van der Waals surface area contributed by atoms with Crippen LogP contribution in [0.3, 0.4) is 0 Å². The lowest BCUT2D eigenvalue weighted by atomic mass is 9.63. The van der Waals surface area contributed by atoms with Crippen LogP contribution in [0.25, 0.3) is 0 Å². The molecule has 0 saturated heterocycles. The molecule has 0 heterocycles. The highest BCUT2D eigenvalue weighted by Crippen LogP contribution is 2.46. The summed E-state index contributed by atoms with van der Waals surface area (Å²) in [6.45, 7) is 18.5. The van der Waals surface area contributed by atoms with Crippen LogP contribution in [0.1, 0.15) is 34.6 Å². The fourth-order valence-electron chi connectivity index (χ4n) is 1.53. The van der Waals surface area contributed by atoms with Gasteiger partial charge in [-0.05, 0) is 31.9 Å². The number of nitrogens with one attached hydrogen (secondary N) is 1. The van der Waals surface area contributed by atoms with Gasteiger partial charge in [-0.2, -0.15) is 0 Å². The van der Waals surface area contributed by atoms with E-state index >= 15 is 0 Å². The Kier molecular flexibility index (Phi) is 4.83. The fourth-order valence-corrected chi connectivity index (χ4v) is 1.53. The fraction of sp³-hybridized carbons (Fsp3) is 0.500. The van der Waals surface area contributed by atoms with Crippen molar-refractivity contribution in [2.24, 2.45) is 10.8 Å². The van der Waals surface area contributed by atoms with E-state index < -0.39 is 0 Å². The number of allylic oxidation sites excluding steroid dienone is 4. The number of hydrogen-bond donors (Lipinski definition) is 1. The molecule has 17 heavy (non-hydrogen) atoms. The van der Waals surface area contributed by atoms with Crippen molar-refractivity contribution in [3.05, 3.63) is 36.1 Å². The van der Waals surface area contributed by atoms with E-state index in [-0.39, 0.29) is 10.8 Å². The van der Waals surface area contributed by atoms with E-state index in [0.717, 1.165) is 16.8 Å². The first kappa shape index (κ1) is 15.6. The Morgan fingerprint density at radius 3 is 2.06 bits per heavy atom. The number of hydrogen-bond acceptors (Lipinski definition) is 1. The van der Waals surface area contributed by atoms with Gasteiger partial charge in [0.15, 0.2) is 0 Å². The van der Waals surface area contributed by atoms with Crippen molar-refractivity contribution < 1.29 is 0 Å². The molecule has 0 aliphatic rings. The molecular weight excluding hydrogens is 206 g/mol. The molecule has 0 atom stereocenters. The van der Waals surface area contributed by atoms with Gasteiger partial charge >= 0.3 is 0 Å². The normalized spacial score (nSPS) is 13.5. The molecule has 0 spiro atoms. The summed E-state index contributed by atoms with van der Waals surface area (Å²) < 4.78 is 0. The van der Waals surface area contributed by atoms with Crippen LogP contribution < -0.4 is 5.32 Å².